The first-order valence-electron chi connectivity index (χ1n) is 8.60. The molecule has 1 aliphatic rings. The quantitative estimate of drug-likeness (QED) is 0.446. The summed E-state index contributed by atoms with van der Waals surface area (Å²) >= 11 is 6.83. The molecule has 28 heavy (non-hydrogen) atoms. The van der Waals surface area contributed by atoms with Crippen molar-refractivity contribution in [1.82, 2.24) is 0 Å². The van der Waals surface area contributed by atoms with Gasteiger partial charge < -0.3 is 5.32 Å². The third kappa shape index (κ3) is 3.88. The zero-order valence-electron chi connectivity index (χ0n) is 14.6. The van der Waals surface area contributed by atoms with Gasteiger partial charge >= 0.3 is 0 Å². The molecule has 0 saturated heterocycles. The molecule has 1 N–H and O–H groups in total. The topological polar surface area (TPSA) is 32.3 Å². The van der Waals surface area contributed by atoms with Crippen LogP contribution in [0.15, 0.2) is 93.5 Å². The molecule has 140 valence electrons. The number of amides is 1. The lowest BCUT2D eigenvalue weighted by Crippen LogP contribution is -2.30. The van der Waals surface area contributed by atoms with Gasteiger partial charge in [0.25, 0.3) is 5.91 Å². The van der Waals surface area contributed by atoms with Gasteiger partial charge in [0.1, 0.15) is 11.5 Å². The Hall–Kier alpha value is -2.44. The van der Waals surface area contributed by atoms with Crippen molar-refractivity contribution in [2.24, 2.45) is 0 Å². The van der Waals surface area contributed by atoms with Crippen molar-refractivity contribution < 1.29 is 9.18 Å². The van der Waals surface area contributed by atoms with Gasteiger partial charge in [0.2, 0.25) is 0 Å². The molecular weight excluding hydrogens is 487 g/mol. The Labute approximate surface area is 179 Å². The predicted molar refractivity (Wildman–Crippen MR) is 117 cm³/mol. The van der Waals surface area contributed by atoms with Gasteiger partial charge in [-0.2, -0.15) is 0 Å². The van der Waals surface area contributed by atoms with Gasteiger partial charge in [-0.3, -0.25) is 9.69 Å². The van der Waals surface area contributed by atoms with Crippen LogP contribution in [-0.4, -0.2) is 5.91 Å². The second-order valence-corrected chi connectivity index (χ2v) is 8.19. The summed E-state index contributed by atoms with van der Waals surface area (Å²) in [7, 11) is 0. The fourth-order valence-corrected chi connectivity index (χ4v) is 3.66. The minimum absolute atomic E-state index is 0.139. The van der Waals surface area contributed by atoms with Crippen LogP contribution in [0.1, 0.15) is 11.6 Å². The monoisotopic (exact) mass is 500 g/mol. The van der Waals surface area contributed by atoms with E-state index in [0.29, 0.717) is 5.70 Å². The number of anilines is 2. The van der Waals surface area contributed by atoms with E-state index in [1.54, 1.807) is 17.0 Å². The molecule has 3 aromatic rings. The lowest BCUT2D eigenvalue weighted by molar-refractivity contribution is -0.114. The third-order valence-electron chi connectivity index (χ3n) is 4.49. The van der Waals surface area contributed by atoms with Crippen molar-refractivity contribution in [2.75, 3.05) is 10.2 Å². The van der Waals surface area contributed by atoms with E-state index >= 15 is 0 Å². The van der Waals surface area contributed by atoms with Crippen LogP contribution in [0.5, 0.6) is 0 Å². The van der Waals surface area contributed by atoms with Crippen LogP contribution in [0.3, 0.4) is 0 Å². The van der Waals surface area contributed by atoms with Gasteiger partial charge in [0.05, 0.1) is 6.04 Å². The third-order valence-corrected chi connectivity index (χ3v) is 5.55. The van der Waals surface area contributed by atoms with E-state index in [4.69, 9.17) is 0 Å². The molecule has 1 aliphatic heterocycles. The highest BCUT2D eigenvalue weighted by Crippen LogP contribution is 2.36. The molecule has 6 heteroatoms. The van der Waals surface area contributed by atoms with E-state index < -0.39 is 0 Å². The molecule has 0 radical (unpaired) electrons. The van der Waals surface area contributed by atoms with Crippen LogP contribution in [-0.2, 0) is 4.79 Å². The molecule has 3 aromatic carbocycles. The molecule has 0 aliphatic carbocycles. The second kappa shape index (κ2) is 7.89. The molecule has 1 atom stereocenters. The number of carbonyl (C=O) groups excluding carboxylic acids is 1. The standard InChI is InChI=1S/C22H15Br2FN2O/c23-15-3-9-18(10-4-15)26-20-13-21(14-1-7-17(25)8-2-14)27(22(20)28)19-11-5-16(24)6-12-19/h1-13,21,26H. The van der Waals surface area contributed by atoms with Crippen molar-refractivity contribution in [2.45, 2.75) is 6.04 Å². The SMILES string of the molecule is O=C1C(Nc2ccc(Br)cc2)=CC(c2ccc(F)cc2)N1c1ccc(Br)cc1. The fraction of sp³-hybridized carbons (Fsp3) is 0.0455. The van der Waals surface area contributed by atoms with Crippen LogP contribution < -0.4 is 10.2 Å². The van der Waals surface area contributed by atoms with Gasteiger partial charge in [0, 0.05) is 20.3 Å². The van der Waals surface area contributed by atoms with Gasteiger partial charge in [-0.25, -0.2) is 4.39 Å². The summed E-state index contributed by atoms with van der Waals surface area (Å²) in [5.74, 6) is -0.444. The Kier molecular flexibility index (Phi) is 5.33. The van der Waals surface area contributed by atoms with Crippen molar-refractivity contribution in [3.8, 4) is 0 Å². The smallest absolute Gasteiger partial charge is 0.275 e. The minimum atomic E-state index is -0.327. The maximum absolute atomic E-state index is 13.4. The van der Waals surface area contributed by atoms with Crippen molar-refractivity contribution in [1.29, 1.82) is 0 Å². The molecule has 0 spiro atoms. The van der Waals surface area contributed by atoms with E-state index in [2.05, 4.69) is 37.2 Å². The predicted octanol–water partition coefficient (Wildman–Crippen LogP) is 6.43. The summed E-state index contributed by atoms with van der Waals surface area (Å²) in [5, 5.41) is 3.21. The number of halogens is 3. The van der Waals surface area contributed by atoms with Gasteiger partial charge in [-0.15, -0.1) is 0 Å². The van der Waals surface area contributed by atoms with Crippen LogP contribution in [0.2, 0.25) is 0 Å². The van der Waals surface area contributed by atoms with Gasteiger partial charge in [-0.1, -0.05) is 44.0 Å². The normalized spacial score (nSPS) is 16.2. The van der Waals surface area contributed by atoms with Crippen LogP contribution in [0.25, 0.3) is 0 Å². The Morgan fingerprint density at radius 3 is 2.00 bits per heavy atom. The fourth-order valence-electron chi connectivity index (χ4n) is 3.13. The zero-order valence-corrected chi connectivity index (χ0v) is 17.7. The van der Waals surface area contributed by atoms with E-state index in [0.717, 1.165) is 25.9 Å². The largest absolute Gasteiger partial charge is 0.351 e. The molecule has 0 saturated carbocycles. The summed E-state index contributed by atoms with van der Waals surface area (Å²) < 4.78 is 15.3. The van der Waals surface area contributed by atoms with Crippen LogP contribution >= 0.6 is 31.9 Å². The van der Waals surface area contributed by atoms with E-state index in [1.807, 2.05) is 54.6 Å². The zero-order chi connectivity index (χ0) is 19.7. The molecular formula is C22H15Br2FN2O. The molecule has 1 heterocycles. The van der Waals surface area contributed by atoms with E-state index in [1.165, 1.54) is 12.1 Å². The Morgan fingerprint density at radius 1 is 0.821 bits per heavy atom. The number of benzene rings is 3. The molecule has 0 aromatic heterocycles. The maximum atomic E-state index is 13.4. The van der Waals surface area contributed by atoms with Crippen LogP contribution in [0, 0.1) is 5.82 Å². The molecule has 1 amide bonds. The first kappa shape index (κ1) is 18.9. The summed E-state index contributed by atoms with van der Waals surface area (Å²) in [5.41, 5.74) is 2.91. The number of carbonyl (C=O) groups is 1. The molecule has 4 rings (SSSR count). The summed E-state index contributed by atoms with van der Waals surface area (Å²) in [6.45, 7) is 0. The van der Waals surface area contributed by atoms with Gasteiger partial charge in [-0.05, 0) is 72.3 Å². The van der Waals surface area contributed by atoms with Crippen molar-refractivity contribution >= 4 is 49.1 Å². The molecule has 1 unspecified atom stereocenters. The average Bonchev–Trinajstić information content (AvgIpc) is 3.01. The lowest BCUT2D eigenvalue weighted by atomic mass is 10.1. The number of rotatable bonds is 4. The van der Waals surface area contributed by atoms with Crippen molar-refractivity contribution in [3.05, 3.63) is 105 Å². The summed E-state index contributed by atoms with van der Waals surface area (Å²) in [4.78, 5) is 14.9. The van der Waals surface area contributed by atoms with Crippen molar-refractivity contribution in [3.63, 3.8) is 0 Å². The number of hydrogen-bond acceptors (Lipinski definition) is 2. The number of nitrogens with zero attached hydrogens (tertiary/aromatic N) is 1. The molecule has 0 fully saturated rings. The molecule has 0 bridgehead atoms. The Bertz CT molecular complexity index is 1030. The highest BCUT2D eigenvalue weighted by Gasteiger charge is 2.34. The minimum Gasteiger partial charge on any atom is -0.351 e. The first-order valence-corrected chi connectivity index (χ1v) is 10.2. The van der Waals surface area contributed by atoms with E-state index in [-0.39, 0.29) is 17.8 Å². The number of nitrogens with one attached hydrogen (secondary N) is 1. The highest BCUT2D eigenvalue weighted by molar-refractivity contribution is 9.10. The van der Waals surface area contributed by atoms with E-state index in [9.17, 15) is 9.18 Å². The highest BCUT2D eigenvalue weighted by atomic mass is 79.9. The maximum Gasteiger partial charge on any atom is 0.275 e. The summed E-state index contributed by atoms with van der Waals surface area (Å²) in [6, 6.07) is 21.1. The van der Waals surface area contributed by atoms with Crippen LogP contribution in [0.4, 0.5) is 15.8 Å². The van der Waals surface area contributed by atoms with Gasteiger partial charge in [0.15, 0.2) is 0 Å². The first-order chi connectivity index (χ1) is 13.5. The second-order valence-electron chi connectivity index (χ2n) is 6.36. The Balaban J connectivity index is 1.72. The summed E-state index contributed by atoms with van der Waals surface area (Å²) in [6.07, 6.45) is 1.87. The Morgan fingerprint density at radius 2 is 1.39 bits per heavy atom. The number of hydrogen-bond donors (Lipinski definition) is 1. The molecule has 3 nitrogen and oxygen atoms in total. The average molecular weight is 502 g/mol. The lowest BCUT2D eigenvalue weighted by Gasteiger charge is -2.25.